The molecule has 1 aliphatic heterocycles. The average molecular weight is 620 g/mol. The van der Waals surface area contributed by atoms with Crippen LogP contribution < -0.4 is 24.4 Å². The van der Waals surface area contributed by atoms with Crippen LogP contribution in [0.4, 0.5) is 17.6 Å². The number of ether oxygens (including phenoxy) is 3. The molecule has 6 rings (SSSR count). The zero-order valence-electron chi connectivity index (χ0n) is 24.5. The molecule has 0 radical (unpaired) electrons. The van der Waals surface area contributed by atoms with Crippen molar-refractivity contribution in [3.63, 3.8) is 0 Å². The maximum Gasteiger partial charge on any atom is 0.244 e. The summed E-state index contributed by atoms with van der Waals surface area (Å²) in [6.07, 6.45) is 6.54. The number of nitrogens with one attached hydrogen (secondary N) is 1. The summed E-state index contributed by atoms with van der Waals surface area (Å²) in [6.45, 7) is 0.634. The van der Waals surface area contributed by atoms with E-state index >= 15 is 0 Å². The van der Waals surface area contributed by atoms with Gasteiger partial charge in [-0.25, -0.2) is 17.4 Å². The second kappa shape index (κ2) is 12.1. The highest BCUT2D eigenvalue weighted by atomic mass is 32.2. The molecule has 0 unspecified atom stereocenters. The molecule has 4 heterocycles. The third-order valence-corrected chi connectivity index (χ3v) is 9.20. The molecule has 2 aromatic carbocycles. The molecule has 44 heavy (non-hydrogen) atoms. The van der Waals surface area contributed by atoms with Crippen LogP contribution in [0.15, 0.2) is 67.3 Å². The molecule has 1 fully saturated rings. The van der Waals surface area contributed by atoms with Crippen LogP contribution in [0.2, 0.25) is 0 Å². The number of aliphatic hydroxyl groups is 1. The van der Waals surface area contributed by atoms with Crippen LogP contribution >= 0.6 is 0 Å². The largest absolute Gasteiger partial charge is 0.493 e. The van der Waals surface area contributed by atoms with Crippen molar-refractivity contribution in [3.05, 3.63) is 72.8 Å². The van der Waals surface area contributed by atoms with Gasteiger partial charge in [-0.1, -0.05) is 30.3 Å². The van der Waals surface area contributed by atoms with Crippen molar-refractivity contribution in [1.82, 2.24) is 23.5 Å². The van der Waals surface area contributed by atoms with E-state index in [0.29, 0.717) is 52.1 Å². The van der Waals surface area contributed by atoms with Gasteiger partial charge in [-0.3, -0.25) is 0 Å². The van der Waals surface area contributed by atoms with Crippen LogP contribution in [0.25, 0.3) is 16.7 Å². The molecule has 0 bridgehead atoms. The fraction of sp³-hybridized carbons (Fsp3) is 0.300. The summed E-state index contributed by atoms with van der Waals surface area (Å²) in [5, 5.41) is 13.8. The number of rotatable bonds is 11. The van der Waals surface area contributed by atoms with Crippen LogP contribution in [0.3, 0.4) is 0 Å². The standard InChI is InChI=1S/C30H33N7O6S/c1-41-24-14-22(15-25(42-2)27(24)43-3)35-16-26(31-19-35)32-30-33-28(36-12-7-10-21(36)17-38)23-11-13-37(29(23)34-30)44(39,40)18-20-8-5-4-6-9-20/h4-6,8-9,11,13-16,19,21,38H,7,10,12,17-18H2,1-3H3,(H,32,33,34)/t21-/m0/s1. The Hall–Kier alpha value is -4.82. The van der Waals surface area contributed by atoms with Crippen molar-refractivity contribution in [3.8, 4) is 22.9 Å². The molecule has 1 saturated heterocycles. The van der Waals surface area contributed by atoms with E-state index in [0.717, 1.165) is 12.8 Å². The van der Waals surface area contributed by atoms with E-state index in [1.54, 1.807) is 80.9 Å². The third-order valence-electron chi connectivity index (χ3n) is 7.61. The Morgan fingerprint density at radius 3 is 2.45 bits per heavy atom. The fourth-order valence-electron chi connectivity index (χ4n) is 5.49. The second-order valence-corrected chi connectivity index (χ2v) is 12.2. The maximum atomic E-state index is 13.6. The zero-order valence-corrected chi connectivity index (χ0v) is 25.4. The second-order valence-electron chi connectivity index (χ2n) is 10.3. The van der Waals surface area contributed by atoms with Crippen LogP contribution in [-0.4, -0.2) is 77.5 Å². The Bertz CT molecular complexity index is 1870. The van der Waals surface area contributed by atoms with E-state index < -0.39 is 10.0 Å². The predicted octanol–water partition coefficient (Wildman–Crippen LogP) is 3.73. The van der Waals surface area contributed by atoms with E-state index in [2.05, 4.69) is 15.3 Å². The molecular formula is C30H33N7O6S. The fourth-order valence-corrected chi connectivity index (χ4v) is 6.90. The highest BCUT2D eigenvalue weighted by molar-refractivity contribution is 7.89. The van der Waals surface area contributed by atoms with Gasteiger partial charge in [0.1, 0.15) is 12.1 Å². The molecule has 1 aliphatic rings. The first-order chi connectivity index (χ1) is 21.3. The van der Waals surface area contributed by atoms with Crippen LogP contribution in [-0.2, 0) is 15.8 Å². The van der Waals surface area contributed by atoms with E-state index in [-0.39, 0.29) is 30.0 Å². The smallest absolute Gasteiger partial charge is 0.244 e. The summed E-state index contributed by atoms with van der Waals surface area (Å²) in [4.78, 5) is 15.9. The number of hydrogen-bond acceptors (Lipinski definition) is 11. The van der Waals surface area contributed by atoms with Gasteiger partial charge in [-0.2, -0.15) is 9.97 Å². The van der Waals surface area contributed by atoms with Crippen LogP contribution in [0.5, 0.6) is 17.2 Å². The van der Waals surface area contributed by atoms with Crippen LogP contribution in [0, 0.1) is 0 Å². The maximum absolute atomic E-state index is 13.6. The van der Waals surface area contributed by atoms with Gasteiger partial charge in [-0.15, -0.1) is 0 Å². The number of anilines is 3. The quantitative estimate of drug-likeness (QED) is 0.223. The molecular weight excluding hydrogens is 586 g/mol. The van der Waals surface area contributed by atoms with E-state index in [4.69, 9.17) is 19.2 Å². The highest BCUT2D eigenvalue weighted by Crippen LogP contribution is 2.39. The zero-order chi connectivity index (χ0) is 30.8. The lowest BCUT2D eigenvalue weighted by atomic mass is 10.2. The summed E-state index contributed by atoms with van der Waals surface area (Å²) < 4.78 is 46.5. The minimum absolute atomic E-state index is 0.0412. The van der Waals surface area contributed by atoms with Crippen molar-refractivity contribution in [2.45, 2.75) is 24.6 Å². The first-order valence-corrected chi connectivity index (χ1v) is 15.6. The van der Waals surface area contributed by atoms with Crippen molar-refractivity contribution in [2.24, 2.45) is 0 Å². The summed E-state index contributed by atoms with van der Waals surface area (Å²) in [7, 11) is 0.813. The number of aliphatic hydroxyl groups excluding tert-OH is 1. The molecule has 0 spiro atoms. The number of nitrogens with zero attached hydrogens (tertiary/aromatic N) is 6. The Labute approximate surface area is 254 Å². The molecule has 0 saturated carbocycles. The molecule has 14 heteroatoms. The van der Waals surface area contributed by atoms with E-state index in [1.807, 2.05) is 11.0 Å². The lowest BCUT2D eigenvalue weighted by Crippen LogP contribution is -2.33. The van der Waals surface area contributed by atoms with E-state index in [9.17, 15) is 13.5 Å². The van der Waals surface area contributed by atoms with Gasteiger partial charge < -0.3 is 34.1 Å². The van der Waals surface area contributed by atoms with Gasteiger partial charge >= 0.3 is 0 Å². The lowest BCUT2D eigenvalue weighted by Gasteiger charge is -2.25. The van der Waals surface area contributed by atoms with Gasteiger partial charge in [-0.05, 0) is 24.5 Å². The monoisotopic (exact) mass is 619 g/mol. The van der Waals surface area contributed by atoms with Gasteiger partial charge in [0.15, 0.2) is 23.0 Å². The van der Waals surface area contributed by atoms with Crippen molar-refractivity contribution in [1.29, 1.82) is 0 Å². The number of imidazole rings is 1. The first kappa shape index (κ1) is 29.3. The molecule has 1 atom stereocenters. The van der Waals surface area contributed by atoms with E-state index in [1.165, 1.54) is 10.2 Å². The topological polar surface area (TPSA) is 146 Å². The summed E-state index contributed by atoms with van der Waals surface area (Å²) in [6, 6.07) is 14.2. The molecule has 5 aromatic rings. The summed E-state index contributed by atoms with van der Waals surface area (Å²) >= 11 is 0. The van der Waals surface area contributed by atoms with Crippen LogP contribution in [0.1, 0.15) is 18.4 Å². The number of benzene rings is 2. The van der Waals surface area contributed by atoms with Gasteiger partial charge in [0.05, 0.1) is 57.0 Å². The highest BCUT2D eigenvalue weighted by Gasteiger charge is 2.29. The average Bonchev–Trinajstić information content (AvgIpc) is 3.80. The minimum Gasteiger partial charge on any atom is -0.493 e. The third kappa shape index (κ3) is 5.49. The Kier molecular flexibility index (Phi) is 8.01. The molecule has 13 nitrogen and oxygen atoms in total. The SMILES string of the molecule is COc1cc(-n2cnc(Nc3nc(N4CCC[C@H]4CO)c4ccn(S(=O)(=O)Cc5ccccc5)c4n3)c2)cc(OC)c1OC. The van der Waals surface area contributed by atoms with Gasteiger partial charge in [0, 0.05) is 24.9 Å². The molecule has 230 valence electrons. The summed E-state index contributed by atoms with van der Waals surface area (Å²) in [5.74, 6) is 2.40. The predicted molar refractivity (Wildman–Crippen MR) is 166 cm³/mol. The Balaban J connectivity index is 1.39. The lowest BCUT2D eigenvalue weighted by molar-refractivity contribution is 0.266. The Morgan fingerprint density at radius 1 is 1.02 bits per heavy atom. The number of hydrogen-bond donors (Lipinski definition) is 2. The number of aromatic nitrogens is 5. The van der Waals surface area contributed by atoms with Crippen molar-refractivity contribution in [2.75, 3.05) is 44.7 Å². The number of fused-ring (bicyclic) bond motifs is 1. The van der Waals surface area contributed by atoms with Crippen molar-refractivity contribution < 1.29 is 27.7 Å². The minimum atomic E-state index is -3.82. The molecule has 0 aliphatic carbocycles. The number of methoxy groups -OCH3 is 3. The van der Waals surface area contributed by atoms with Gasteiger partial charge in [0.25, 0.3) is 0 Å². The van der Waals surface area contributed by atoms with Crippen molar-refractivity contribution >= 4 is 38.6 Å². The normalized spacial score (nSPS) is 15.1. The molecule has 2 N–H and O–H groups in total. The molecule has 0 amide bonds. The van der Waals surface area contributed by atoms with Gasteiger partial charge in [0.2, 0.25) is 21.7 Å². The first-order valence-electron chi connectivity index (χ1n) is 14.0. The summed E-state index contributed by atoms with van der Waals surface area (Å²) in [5.41, 5.74) is 1.61. The molecule has 3 aromatic heterocycles. The Morgan fingerprint density at radius 2 is 1.77 bits per heavy atom.